The number of carbonyl (C=O) groups excluding carboxylic acids is 1. The van der Waals surface area contributed by atoms with Crippen molar-refractivity contribution in [3.8, 4) is 0 Å². The molecule has 2 aromatic carbocycles. The van der Waals surface area contributed by atoms with Gasteiger partial charge in [0.1, 0.15) is 6.54 Å². The molecule has 162 valence electrons. The Kier molecular flexibility index (Phi) is 6.67. The zero-order valence-electron chi connectivity index (χ0n) is 18.1. The van der Waals surface area contributed by atoms with E-state index in [1.807, 2.05) is 50.2 Å². The summed E-state index contributed by atoms with van der Waals surface area (Å²) in [6.45, 7) is 5.53. The van der Waals surface area contributed by atoms with E-state index >= 15 is 0 Å². The fourth-order valence-electron chi connectivity index (χ4n) is 3.54. The van der Waals surface area contributed by atoms with Crippen LogP contribution in [0.2, 0.25) is 0 Å². The highest BCUT2D eigenvalue weighted by Gasteiger charge is 2.28. The van der Waals surface area contributed by atoms with Crippen molar-refractivity contribution in [3.05, 3.63) is 53.6 Å². The fourth-order valence-corrected chi connectivity index (χ4v) is 4.66. The second-order valence-corrected chi connectivity index (χ2v) is 9.94. The van der Waals surface area contributed by atoms with Crippen LogP contribution in [0.15, 0.2) is 42.5 Å². The van der Waals surface area contributed by atoms with Crippen LogP contribution in [0.4, 0.5) is 17.1 Å². The van der Waals surface area contributed by atoms with Gasteiger partial charge in [-0.25, -0.2) is 4.31 Å². The van der Waals surface area contributed by atoms with E-state index < -0.39 is 16.1 Å². The smallest absolute Gasteiger partial charge is 0.304 e. The van der Waals surface area contributed by atoms with Crippen LogP contribution in [0.25, 0.3) is 0 Å². The summed E-state index contributed by atoms with van der Waals surface area (Å²) in [5.74, 6) is -0.393. The van der Waals surface area contributed by atoms with E-state index in [1.165, 1.54) is 26.9 Å². The Morgan fingerprint density at radius 3 is 2.27 bits per heavy atom. The molecule has 0 aromatic heterocycles. The molecule has 1 aliphatic heterocycles. The van der Waals surface area contributed by atoms with Crippen molar-refractivity contribution in [3.63, 3.8) is 0 Å². The van der Waals surface area contributed by atoms with Gasteiger partial charge in [-0.3, -0.25) is 4.79 Å². The minimum atomic E-state index is -3.84. The van der Waals surface area contributed by atoms with Crippen molar-refractivity contribution < 1.29 is 13.2 Å². The van der Waals surface area contributed by atoms with Crippen LogP contribution in [0.5, 0.6) is 0 Å². The van der Waals surface area contributed by atoms with Crippen molar-refractivity contribution in [2.75, 3.05) is 48.3 Å². The molecule has 0 unspecified atom stereocenters. The lowest BCUT2D eigenvalue weighted by Gasteiger charge is -2.28. The molecule has 0 spiro atoms. The van der Waals surface area contributed by atoms with Crippen LogP contribution in [-0.4, -0.2) is 52.4 Å². The molecular formula is C22H30N4O3S. The zero-order valence-corrected chi connectivity index (χ0v) is 18.9. The molecule has 1 heterocycles. The van der Waals surface area contributed by atoms with Crippen molar-refractivity contribution in [2.24, 2.45) is 0 Å². The summed E-state index contributed by atoms with van der Waals surface area (Å²) in [6.07, 6.45) is 2.40. The first-order chi connectivity index (χ1) is 14.2. The number of nitrogens with zero attached hydrogens (tertiary/aromatic N) is 3. The molecule has 0 aliphatic carbocycles. The Balaban J connectivity index is 1.78. The van der Waals surface area contributed by atoms with Gasteiger partial charge in [0.25, 0.3) is 0 Å². The van der Waals surface area contributed by atoms with Crippen molar-refractivity contribution in [2.45, 2.75) is 26.7 Å². The minimum absolute atomic E-state index is 0.307. The fraction of sp³-hybridized carbons (Fsp3) is 0.409. The maximum Gasteiger partial charge on any atom is 0.304 e. The van der Waals surface area contributed by atoms with E-state index in [-0.39, 0.29) is 6.54 Å². The first kappa shape index (κ1) is 22.1. The Morgan fingerprint density at radius 2 is 1.67 bits per heavy atom. The lowest BCUT2D eigenvalue weighted by molar-refractivity contribution is -0.114. The summed E-state index contributed by atoms with van der Waals surface area (Å²) in [5, 5.41) is 2.82. The Bertz CT molecular complexity index is 998. The van der Waals surface area contributed by atoms with E-state index in [0.29, 0.717) is 11.4 Å². The van der Waals surface area contributed by atoms with Crippen LogP contribution >= 0.6 is 0 Å². The van der Waals surface area contributed by atoms with Gasteiger partial charge in [0.15, 0.2) is 0 Å². The van der Waals surface area contributed by atoms with Gasteiger partial charge >= 0.3 is 10.2 Å². The number of anilines is 3. The molecule has 1 N–H and O–H groups in total. The molecule has 8 heteroatoms. The summed E-state index contributed by atoms with van der Waals surface area (Å²) < 4.78 is 28.2. The summed E-state index contributed by atoms with van der Waals surface area (Å²) in [6, 6.07) is 13.2. The van der Waals surface area contributed by atoms with Crippen LogP contribution in [0.3, 0.4) is 0 Å². The van der Waals surface area contributed by atoms with E-state index in [2.05, 4.69) is 10.2 Å². The van der Waals surface area contributed by atoms with E-state index in [9.17, 15) is 13.2 Å². The van der Waals surface area contributed by atoms with Gasteiger partial charge in [0.05, 0.1) is 5.69 Å². The third-order valence-corrected chi connectivity index (χ3v) is 7.09. The van der Waals surface area contributed by atoms with Crippen LogP contribution in [0, 0.1) is 13.8 Å². The van der Waals surface area contributed by atoms with E-state index in [1.54, 1.807) is 6.07 Å². The summed E-state index contributed by atoms with van der Waals surface area (Å²) in [7, 11) is -0.916. The monoisotopic (exact) mass is 430 g/mol. The normalized spacial score (nSPS) is 14.2. The third-order valence-electron chi connectivity index (χ3n) is 5.28. The molecule has 3 rings (SSSR count). The lowest BCUT2D eigenvalue weighted by Crippen LogP contribution is -2.44. The first-order valence-electron chi connectivity index (χ1n) is 10.1. The molecular weight excluding hydrogens is 400 g/mol. The standard InChI is InChI=1S/C22H30N4O3S/c1-17-7-8-18(2)21(15-17)26(30(28,29)24(3)4)16-22(27)23-19-9-11-20(12-10-19)25-13-5-6-14-25/h7-12,15H,5-6,13-14,16H2,1-4H3,(H,23,27). The molecule has 0 radical (unpaired) electrons. The average molecular weight is 431 g/mol. The maximum atomic E-state index is 12.9. The quantitative estimate of drug-likeness (QED) is 0.732. The molecule has 0 bridgehead atoms. The highest BCUT2D eigenvalue weighted by Crippen LogP contribution is 2.26. The van der Waals surface area contributed by atoms with E-state index in [0.717, 1.165) is 38.5 Å². The SMILES string of the molecule is Cc1ccc(C)c(N(CC(=O)Nc2ccc(N3CCCC3)cc2)S(=O)(=O)N(C)C)c1. The van der Waals surface area contributed by atoms with Gasteiger partial charge in [0.2, 0.25) is 5.91 Å². The molecule has 7 nitrogen and oxygen atoms in total. The number of hydrogen-bond acceptors (Lipinski definition) is 4. The molecule has 1 aliphatic rings. The zero-order chi connectivity index (χ0) is 21.9. The number of aryl methyl sites for hydroxylation is 2. The van der Waals surface area contributed by atoms with Gasteiger partial charge in [-0.2, -0.15) is 12.7 Å². The van der Waals surface area contributed by atoms with Gasteiger partial charge in [-0.1, -0.05) is 12.1 Å². The highest BCUT2D eigenvalue weighted by molar-refractivity contribution is 7.90. The van der Waals surface area contributed by atoms with Crippen LogP contribution in [-0.2, 0) is 15.0 Å². The van der Waals surface area contributed by atoms with Gasteiger partial charge in [0, 0.05) is 38.6 Å². The van der Waals surface area contributed by atoms with Gasteiger partial charge in [-0.05, 0) is 68.1 Å². The summed E-state index contributed by atoms with van der Waals surface area (Å²) in [4.78, 5) is 15.1. The van der Waals surface area contributed by atoms with E-state index in [4.69, 9.17) is 0 Å². The third kappa shape index (κ3) is 4.94. The molecule has 0 saturated carbocycles. The summed E-state index contributed by atoms with van der Waals surface area (Å²) >= 11 is 0. The molecule has 1 fully saturated rings. The van der Waals surface area contributed by atoms with Gasteiger partial charge in [-0.15, -0.1) is 0 Å². The number of hydrogen-bond donors (Lipinski definition) is 1. The Morgan fingerprint density at radius 1 is 1.03 bits per heavy atom. The van der Waals surface area contributed by atoms with Crippen molar-refractivity contribution in [1.29, 1.82) is 0 Å². The maximum absolute atomic E-state index is 12.9. The number of nitrogens with one attached hydrogen (secondary N) is 1. The molecule has 1 saturated heterocycles. The van der Waals surface area contributed by atoms with Crippen LogP contribution < -0.4 is 14.5 Å². The number of benzene rings is 2. The molecule has 0 atom stereocenters. The second kappa shape index (κ2) is 9.06. The van der Waals surface area contributed by atoms with Crippen molar-refractivity contribution >= 4 is 33.2 Å². The second-order valence-electron chi connectivity index (χ2n) is 7.88. The Labute approximate surface area is 179 Å². The Hall–Kier alpha value is -2.58. The lowest BCUT2D eigenvalue weighted by atomic mass is 10.1. The first-order valence-corrected chi connectivity index (χ1v) is 11.5. The average Bonchev–Trinajstić information content (AvgIpc) is 3.23. The predicted octanol–water partition coefficient (Wildman–Crippen LogP) is 3.16. The number of rotatable bonds is 7. The minimum Gasteiger partial charge on any atom is -0.372 e. The van der Waals surface area contributed by atoms with Crippen molar-refractivity contribution in [1.82, 2.24) is 4.31 Å². The topological polar surface area (TPSA) is 73.0 Å². The molecule has 30 heavy (non-hydrogen) atoms. The highest BCUT2D eigenvalue weighted by atomic mass is 32.2. The largest absolute Gasteiger partial charge is 0.372 e. The molecule has 1 amide bonds. The number of carbonyl (C=O) groups is 1. The summed E-state index contributed by atoms with van der Waals surface area (Å²) in [5.41, 5.74) is 3.99. The molecule has 2 aromatic rings. The van der Waals surface area contributed by atoms with Crippen LogP contribution in [0.1, 0.15) is 24.0 Å². The van der Waals surface area contributed by atoms with Gasteiger partial charge < -0.3 is 10.2 Å². The number of amides is 1. The predicted molar refractivity (Wildman–Crippen MR) is 122 cm³/mol.